The van der Waals surface area contributed by atoms with E-state index >= 15 is 0 Å². The SMILES string of the molecule is C(OCC1CO1)C1CO1.CCCCCCCCCc1ccccc1. The third kappa shape index (κ3) is 10.8. The summed E-state index contributed by atoms with van der Waals surface area (Å²) >= 11 is 0. The number of ether oxygens (including phenoxy) is 3. The van der Waals surface area contributed by atoms with Crippen LogP contribution in [0.1, 0.15) is 57.4 Å². The Balaban J connectivity index is 0.000000194. The van der Waals surface area contributed by atoms with Crippen molar-refractivity contribution in [3.05, 3.63) is 35.9 Å². The van der Waals surface area contributed by atoms with Crippen molar-refractivity contribution in [2.75, 3.05) is 26.4 Å². The zero-order chi connectivity index (χ0) is 16.9. The van der Waals surface area contributed by atoms with Crippen LogP contribution in [0.15, 0.2) is 30.3 Å². The van der Waals surface area contributed by atoms with Crippen molar-refractivity contribution < 1.29 is 14.2 Å². The largest absolute Gasteiger partial charge is 0.376 e. The smallest absolute Gasteiger partial charge is 0.104 e. The Bertz CT molecular complexity index is 387. The Morgan fingerprint density at radius 2 is 1.38 bits per heavy atom. The van der Waals surface area contributed by atoms with Gasteiger partial charge in [0.2, 0.25) is 0 Å². The fourth-order valence-electron chi connectivity index (χ4n) is 2.59. The molecule has 3 nitrogen and oxygen atoms in total. The molecule has 1 aromatic carbocycles. The van der Waals surface area contributed by atoms with Gasteiger partial charge in [0.25, 0.3) is 0 Å². The minimum absolute atomic E-state index is 0.392. The molecule has 2 atom stereocenters. The third-order valence-corrected chi connectivity index (χ3v) is 4.32. The van der Waals surface area contributed by atoms with E-state index in [1.165, 1.54) is 56.9 Å². The fraction of sp³-hybridized carbons (Fsp3) is 0.714. The number of hydrogen-bond acceptors (Lipinski definition) is 3. The highest BCUT2D eigenvalue weighted by Gasteiger charge is 2.26. The first-order chi connectivity index (χ1) is 11.9. The van der Waals surface area contributed by atoms with Gasteiger partial charge in [-0.15, -0.1) is 0 Å². The molecule has 1 aromatic rings. The van der Waals surface area contributed by atoms with Crippen LogP contribution < -0.4 is 0 Å². The summed E-state index contributed by atoms with van der Waals surface area (Å²) in [7, 11) is 0. The Morgan fingerprint density at radius 1 is 0.833 bits per heavy atom. The summed E-state index contributed by atoms with van der Waals surface area (Å²) in [5, 5.41) is 0. The molecule has 136 valence electrons. The molecule has 0 aliphatic carbocycles. The van der Waals surface area contributed by atoms with Crippen molar-refractivity contribution in [2.45, 2.75) is 70.5 Å². The van der Waals surface area contributed by atoms with E-state index in [1.807, 2.05) is 0 Å². The van der Waals surface area contributed by atoms with Gasteiger partial charge in [0, 0.05) is 0 Å². The van der Waals surface area contributed by atoms with Crippen molar-refractivity contribution in [1.82, 2.24) is 0 Å². The lowest BCUT2D eigenvalue weighted by atomic mass is 10.0. The van der Waals surface area contributed by atoms with E-state index in [-0.39, 0.29) is 0 Å². The number of epoxide rings is 2. The Morgan fingerprint density at radius 3 is 1.92 bits per heavy atom. The first kappa shape index (κ1) is 19.4. The van der Waals surface area contributed by atoms with Crippen LogP contribution in [0, 0.1) is 0 Å². The van der Waals surface area contributed by atoms with Gasteiger partial charge in [0.05, 0.1) is 26.4 Å². The normalized spacial score (nSPS) is 21.0. The quantitative estimate of drug-likeness (QED) is 0.407. The molecule has 0 aromatic heterocycles. The second-order valence-corrected chi connectivity index (χ2v) is 6.81. The lowest BCUT2D eigenvalue weighted by Crippen LogP contribution is -2.06. The molecule has 0 radical (unpaired) electrons. The zero-order valence-electron chi connectivity index (χ0n) is 15.3. The Labute approximate surface area is 147 Å². The van der Waals surface area contributed by atoms with Crippen molar-refractivity contribution >= 4 is 0 Å². The molecule has 0 saturated carbocycles. The molecule has 2 heterocycles. The first-order valence-electron chi connectivity index (χ1n) is 9.73. The Kier molecular flexibility index (Phi) is 10.1. The average Bonchev–Trinajstić information content (AvgIpc) is 3.51. The minimum atomic E-state index is 0.392. The Hall–Kier alpha value is -0.900. The fourth-order valence-corrected chi connectivity index (χ4v) is 2.59. The maximum absolute atomic E-state index is 5.23. The summed E-state index contributed by atoms with van der Waals surface area (Å²) < 4.78 is 15.1. The van der Waals surface area contributed by atoms with E-state index in [0.29, 0.717) is 12.2 Å². The monoisotopic (exact) mass is 334 g/mol. The molecular weight excluding hydrogens is 300 g/mol. The van der Waals surface area contributed by atoms with Crippen LogP contribution in [0.5, 0.6) is 0 Å². The second kappa shape index (κ2) is 12.5. The third-order valence-electron chi connectivity index (χ3n) is 4.32. The molecule has 0 N–H and O–H groups in total. The number of benzene rings is 1. The van der Waals surface area contributed by atoms with Gasteiger partial charge < -0.3 is 14.2 Å². The maximum Gasteiger partial charge on any atom is 0.104 e. The highest BCUT2D eigenvalue weighted by atomic mass is 16.6. The number of aryl methyl sites for hydroxylation is 1. The molecule has 0 amide bonds. The van der Waals surface area contributed by atoms with Crippen LogP contribution >= 0.6 is 0 Å². The lowest BCUT2D eigenvalue weighted by molar-refractivity contribution is 0.102. The zero-order valence-corrected chi connectivity index (χ0v) is 15.3. The van der Waals surface area contributed by atoms with Crippen LogP contribution in [0.3, 0.4) is 0 Å². The number of unbranched alkanes of at least 4 members (excludes halogenated alkanes) is 6. The number of rotatable bonds is 12. The minimum Gasteiger partial charge on any atom is -0.376 e. The topological polar surface area (TPSA) is 34.3 Å². The predicted molar refractivity (Wildman–Crippen MR) is 98.4 cm³/mol. The molecule has 2 saturated heterocycles. The molecule has 0 bridgehead atoms. The van der Waals surface area contributed by atoms with Crippen LogP contribution in [-0.4, -0.2) is 38.6 Å². The molecule has 2 aliphatic heterocycles. The summed E-state index contributed by atoms with van der Waals surface area (Å²) in [4.78, 5) is 0. The van der Waals surface area contributed by atoms with Gasteiger partial charge in [-0.1, -0.05) is 75.8 Å². The van der Waals surface area contributed by atoms with Gasteiger partial charge >= 0.3 is 0 Å². The molecular formula is C21H34O3. The van der Waals surface area contributed by atoms with Crippen LogP contribution in [0.2, 0.25) is 0 Å². The van der Waals surface area contributed by atoms with E-state index in [1.54, 1.807) is 0 Å². The summed E-state index contributed by atoms with van der Waals surface area (Å²) in [6, 6.07) is 10.8. The van der Waals surface area contributed by atoms with E-state index < -0.39 is 0 Å². The first-order valence-corrected chi connectivity index (χ1v) is 9.73. The van der Waals surface area contributed by atoms with Crippen molar-refractivity contribution in [3.63, 3.8) is 0 Å². The molecule has 3 rings (SSSR count). The van der Waals surface area contributed by atoms with E-state index in [2.05, 4.69) is 37.3 Å². The van der Waals surface area contributed by atoms with Crippen molar-refractivity contribution in [1.29, 1.82) is 0 Å². The van der Waals surface area contributed by atoms with Gasteiger partial charge in [-0.2, -0.15) is 0 Å². The molecule has 2 fully saturated rings. The van der Waals surface area contributed by atoms with Crippen molar-refractivity contribution in [3.8, 4) is 0 Å². The molecule has 0 spiro atoms. The summed E-state index contributed by atoms with van der Waals surface area (Å²) in [6.07, 6.45) is 11.9. The predicted octanol–water partition coefficient (Wildman–Crippen LogP) is 4.78. The van der Waals surface area contributed by atoms with Crippen LogP contribution in [-0.2, 0) is 20.6 Å². The highest BCUT2D eigenvalue weighted by molar-refractivity contribution is 5.14. The van der Waals surface area contributed by atoms with Gasteiger partial charge in [-0.05, 0) is 18.4 Å². The van der Waals surface area contributed by atoms with Crippen molar-refractivity contribution in [2.24, 2.45) is 0 Å². The van der Waals surface area contributed by atoms with E-state index in [9.17, 15) is 0 Å². The maximum atomic E-state index is 5.23. The van der Waals surface area contributed by atoms with Gasteiger partial charge in [0.15, 0.2) is 0 Å². The highest BCUT2D eigenvalue weighted by Crippen LogP contribution is 2.12. The molecule has 2 unspecified atom stereocenters. The molecule has 3 heteroatoms. The molecule has 2 aliphatic rings. The van der Waals surface area contributed by atoms with Gasteiger partial charge in [-0.3, -0.25) is 0 Å². The molecule has 24 heavy (non-hydrogen) atoms. The van der Waals surface area contributed by atoms with Crippen LogP contribution in [0.4, 0.5) is 0 Å². The summed E-state index contributed by atoms with van der Waals surface area (Å²) in [5.74, 6) is 0. The number of hydrogen-bond donors (Lipinski definition) is 0. The van der Waals surface area contributed by atoms with E-state index in [0.717, 1.165) is 26.4 Å². The second-order valence-electron chi connectivity index (χ2n) is 6.81. The van der Waals surface area contributed by atoms with E-state index in [4.69, 9.17) is 14.2 Å². The summed E-state index contributed by atoms with van der Waals surface area (Å²) in [5.41, 5.74) is 1.49. The average molecular weight is 334 g/mol. The summed E-state index contributed by atoms with van der Waals surface area (Å²) in [6.45, 7) is 5.53. The van der Waals surface area contributed by atoms with Crippen LogP contribution in [0.25, 0.3) is 0 Å². The standard InChI is InChI=1S/C15H24.C6H10O3/c1-2-3-4-5-6-7-9-12-15-13-10-8-11-14-15;1(5-3-8-5)7-2-6-4-9-6/h8,10-11,13-14H,2-7,9,12H2,1H3;5-6H,1-4H2. The van der Waals surface area contributed by atoms with Gasteiger partial charge in [-0.25, -0.2) is 0 Å². The lowest BCUT2D eigenvalue weighted by Gasteiger charge is -2.01. The van der Waals surface area contributed by atoms with Gasteiger partial charge in [0.1, 0.15) is 12.2 Å².